The number of nitrogens with two attached hydrogens (primary N) is 1. The Morgan fingerprint density at radius 1 is 1.57 bits per heavy atom. The Balaban J connectivity index is 2.05. The van der Waals surface area contributed by atoms with Crippen LogP contribution in [0.2, 0.25) is 0 Å². The van der Waals surface area contributed by atoms with Crippen molar-refractivity contribution in [2.75, 3.05) is 18.9 Å². The number of hydrogen-bond donors (Lipinski definition) is 1. The maximum atomic E-state index is 5.75. The zero-order valence-corrected chi connectivity index (χ0v) is 8.19. The van der Waals surface area contributed by atoms with Crippen LogP contribution < -0.4 is 5.73 Å². The quantitative estimate of drug-likeness (QED) is 0.777. The van der Waals surface area contributed by atoms with Crippen molar-refractivity contribution >= 4 is 11.8 Å². The number of anilines is 1. The van der Waals surface area contributed by atoms with Crippen LogP contribution in [-0.2, 0) is 4.74 Å². The Morgan fingerprint density at radius 3 is 3.00 bits per heavy atom. The molecule has 14 heavy (non-hydrogen) atoms. The maximum absolute atomic E-state index is 5.75. The number of aromatic nitrogens is 1. The predicted octanol–water partition coefficient (Wildman–Crippen LogP) is 1.61. The second-order valence-corrected chi connectivity index (χ2v) is 3.52. The Morgan fingerprint density at radius 2 is 2.43 bits per heavy atom. The van der Waals surface area contributed by atoms with Crippen molar-refractivity contribution in [3.63, 3.8) is 0 Å². The molecule has 0 amide bonds. The number of nitrogens with zero attached hydrogens (tertiary/aromatic N) is 1. The van der Waals surface area contributed by atoms with Gasteiger partial charge in [0.25, 0.3) is 0 Å². The lowest BCUT2D eigenvalue weighted by atomic mass is 10.1. The van der Waals surface area contributed by atoms with E-state index in [1.54, 1.807) is 6.92 Å². The fourth-order valence-electron chi connectivity index (χ4n) is 1.45. The SMILES string of the molecule is Cc1onc(/C=C/C2CCOC2)c1N. The van der Waals surface area contributed by atoms with Gasteiger partial charge in [-0.1, -0.05) is 11.2 Å². The second-order valence-electron chi connectivity index (χ2n) is 3.52. The molecule has 1 unspecified atom stereocenters. The van der Waals surface area contributed by atoms with Gasteiger partial charge in [-0.3, -0.25) is 0 Å². The minimum absolute atomic E-state index is 0.492. The van der Waals surface area contributed by atoms with Crippen molar-refractivity contribution in [2.24, 2.45) is 5.92 Å². The molecular formula is C10H14N2O2. The van der Waals surface area contributed by atoms with Gasteiger partial charge in [-0.05, 0) is 19.4 Å². The molecule has 1 fully saturated rings. The first-order valence-electron chi connectivity index (χ1n) is 4.75. The molecule has 2 N–H and O–H groups in total. The van der Waals surface area contributed by atoms with E-state index in [0.717, 1.165) is 25.3 Å². The summed E-state index contributed by atoms with van der Waals surface area (Å²) in [7, 11) is 0. The third kappa shape index (κ3) is 1.80. The van der Waals surface area contributed by atoms with Crippen LogP contribution in [0.1, 0.15) is 17.9 Å². The summed E-state index contributed by atoms with van der Waals surface area (Å²) in [5, 5.41) is 3.85. The molecule has 1 aliphatic rings. The third-order valence-electron chi connectivity index (χ3n) is 2.43. The van der Waals surface area contributed by atoms with Crippen LogP contribution in [0.5, 0.6) is 0 Å². The van der Waals surface area contributed by atoms with E-state index in [9.17, 15) is 0 Å². The fourth-order valence-corrected chi connectivity index (χ4v) is 1.45. The van der Waals surface area contributed by atoms with Gasteiger partial charge >= 0.3 is 0 Å². The van der Waals surface area contributed by atoms with Crippen molar-refractivity contribution < 1.29 is 9.26 Å². The third-order valence-corrected chi connectivity index (χ3v) is 2.43. The molecule has 2 heterocycles. The summed E-state index contributed by atoms with van der Waals surface area (Å²) in [5.41, 5.74) is 7.09. The average Bonchev–Trinajstić information content (AvgIpc) is 2.77. The first-order chi connectivity index (χ1) is 6.77. The molecule has 76 valence electrons. The van der Waals surface area contributed by atoms with Gasteiger partial charge in [-0.25, -0.2) is 0 Å². The van der Waals surface area contributed by atoms with Gasteiger partial charge in [0.2, 0.25) is 0 Å². The lowest BCUT2D eigenvalue weighted by molar-refractivity contribution is 0.191. The molecule has 1 aliphatic heterocycles. The molecule has 0 bridgehead atoms. The largest absolute Gasteiger partial charge is 0.394 e. The Labute approximate surface area is 82.7 Å². The summed E-state index contributed by atoms with van der Waals surface area (Å²) in [4.78, 5) is 0. The number of hydrogen-bond acceptors (Lipinski definition) is 4. The van der Waals surface area contributed by atoms with E-state index < -0.39 is 0 Å². The molecule has 4 nitrogen and oxygen atoms in total. The topological polar surface area (TPSA) is 61.3 Å². The van der Waals surface area contributed by atoms with Crippen LogP contribution in [0.25, 0.3) is 6.08 Å². The first-order valence-corrected chi connectivity index (χ1v) is 4.75. The standard InChI is InChI=1S/C10H14N2O2/c1-7-10(11)9(12-14-7)3-2-8-4-5-13-6-8/h2-3,8H,4-6,11H2,1H3/b3-2+. The van der Waals surface area contributed by atoms with E-state index in [2.05, 4.69) is 11.2 Å². The van der Waals surface area contributed by atoms with Gasteiger partial charge < -0.3 is 15.0 Å². The molecule has 0 saturated carbocycles. The highest BCUT2D eigenvalue weighted by molar-refractivity contribution is 5.61. The van der Waals surface area contributed by atoms with E-state index in [0.29, 0.717) is 17.4 Å². The molecule has 0 spiro atoms. The monoisotopic (exact) mass is 194 g/mol. The Hall–Kier alpha value is -1.29. The van der Waals surface area contributed by atoms with Gasteiger partial charge in [0.05, 0.1) is 6.61 Å². The summed E-state index contributed by atoms with van der Waals surface area (Å²) in [6, 6.07) is 0. The van der Waals surface area contributed by atoms with E-state index >= 15 is 0 Å². The van der Waals surface area contributed by atoms with Crippen LogP contribution in [0.15, 0.2) is 10.6 Å². The highest BCUT2D eigenvalue weighted by atomic mass is 16.5. The normalized spacial score (nSPS) is 22.2. The van der Waals surface area contributed by atoms with Crippen molar-refractivity contribution in [1.82, 2.24) is 5.16 Å². The number of nitrogen functional groups attached to an aromatic ring is 1. The molecule has 0 aliphatic carbocycles. The summed E-state index contributed by atoms with van der Waals surface area (Å²) < 4.78 is 10.2. The molecular weight excluding hydrogens is 180 g/mol. The zero-order chi connectivity index (χ0) is 9.97. The Kier molecular flexibility index (Phi) is 2.54. The number of aryl methyl sites for hydroxylation is 1. The van der Waals surface area contributed by atoms with Crippen LogP contribution >= 0.6 is 0 Å². The molecule has 0 radical (unpaired) electrons. The minimum Gasteiger partial charge on any atom is -0.394 e. The fraction of sp³-hybridized carbons (Fsp3) is 0.500. The van der Waals surface area contributed by atoms with E-state index in [1.807, 2.05) is 6.08 Å². The highest BCUT2D eigenvalue weighted by Crippen LogP contribution is 2.19. The zero-order valence-electron chi connectivity index (χ0n) is 8.19. The second kappa shape index (κ2) is 3.84. The molecule has 1 saturated heterocycles. The van der Waals surface area contributed by atoms with Gasteiger partial charge in [-0.2, -0.15) is 0 Å². The van der Waals surface area contributed by atoms with Crippen LogP contribution in [-0.4, -0.2) is 18.4 Å². The van der Waals surface area contributed by atoms with Gasteiger partial charge in [0.1, 0.15) is 11.4 Å². The van der Waals surface area contributed by atoms with Gasteiger partial charge in [-0.15, -0.1) is 0 Å². The first kappa shape index (κ1) is 9.27. The predicted molar refractivity (Wildman–Crippen MR) is 53.6 cm³/mol. The number of ether oxygens (including phenoxy) is 1. The summed E-state index contributed by atoms with van der Waals surface area (Å²) in [6.07, 6.45) is 5.07. The van der Waals surface area contributed by atoms with E-state index in [1.165, 1.54) is 0 Å². The molecule has 4 heteroatoms. The highest BCUT2D eigenvalue weighted by Gasteiger charge is 2.12. The van der Waals surface area contributed by atoms with Gasteiger partial charge in [0, 0.05) is 12.5 Å². The molecule has 0 aromatic carbocycles. The summed E-state index contributed by atoms with van der Waals surface area (Å²) >= 11 is 0. The van der Waals surface area contributed by atoms with Crippen molar-refractivity contribution in [1.29, 1.82) is 0 Å². The number of rotatable bonds is 2. The summed E-state index contributed by atoms with van der Waals surface area (Å²) in [6.45, 7) is 3.45. The van der Waals surface area contributed by atoms with Crippen LogP contribution in [0, 0.1) is 12.8 Å². The van der Waals surface area contributed by atoms with Gasteiger partial charge in [0.15, 0.2) is 5.76 Å². The van der Waals surface area contributed by atoms with Crippen LogP contribution in [0.3, 0.4) is 0 Å². The van der Waals surface area contributed by atoms with Crippen LogP contribution in [0.4, 0.5) is 5.69 Å². The summed E-state index contributed by atoms with van der Waals surface area (Å²) in [5.74, 6) is 1.17. The lowest BCUT2D eigenvalue weighted by Crippen LogP contribution is -1.93. The molecule has 1 atom stereocenters. The molecule has 1 aromatic rings. The minimum atomic E-state index is 0.492. The van der Waals surface area contributed by atoms with E-state index in [4.69, 9.17) is 15.0 Å². The van der Waals surface area contributed by atoms with Crippen molar-refractivity contribution in [3.8, 4) is 0 Å². The van der Waals surface area contributed by atoms with Crippen molar-refractivity contribution in [2.45, 2.75) is 13.3 Å². The van der Waals surface area contributed by atoms with Crippen molar-refractivity contribution in [3.05, 3.63) is 17.5 Å². The smallest absolute Gasteiger partial charge is 0.157 e. The average molecular weight is 194 g/mol. The maximum Gasteiger partial charge on any atom is 0.157 e. The molecule has 1 aromatic heterocycles. The molecule has 2 rings (SSSR count). The Bertz CT molecular complexity index is 338. The van der Waals surface area contributed by atoms with E-state index in [-0.39, 0.29) is 0 Å². The lowest BCUT2D eigenvalue weighted by Gasteiger charge is -1.96.